The SMILES string of the molecule is CCOC(CCC12CC3CC(CC(C3)C1)C2)(C(=O)C1CCCCC1)S(=O)(=O)O. The maximum Gasteiger partial charge on any atom is 0.302 e. The quantitative estimate of drug-likeness (QED) is 0.582. The summed E-state index contributed by atoms with van der Waals surface area (Å²) >= 11 is 0. The number of rotatable bonds is 8. The Morgan fingerprint density at radius 3 is 2.04 bits per heavy atom. The molecule has 0 aromatic carbocycles. The molecular formula is C22H36O5S. The van der Waals surface area contributed by atoms with Crippen LogP contribution in [-0.2, 0) is 19.6 Å². The van der Waals surface area contributed by atoms with Gasteiger partial charge < -0.3 is 4.74 Å². The Hall–Kier alpha value is -0.460. The fourth-order valence-electron chi connectivity index (χ4n) is 7.53. The molecule has 0 radical (unpaired) electrons. The molecule has 160 valence electrons. The third kappa shape index (κ3) is 3.69. The van der Waals surface area contributed by atoms with E-state index >= 15 is 0 Å². The van der Waals surface area contributed by atoms with Gasteiger partial charge in [0.1, 0.15) is 0 Å². The highest BCUT2D eigenvalue weighted by Gasteiger charge is 2.56. The molecule has 5 aliphatic carbocycles. The van der Waals surface area contributed by atoms with Gasteiger partial charge in [-0.2, -0.15) is 8.42 Å². The van der Waals surface area contributed by atoms with Crippen LogP contribution < -0.4 is 0 Å². The Morgan fingerprint density at radius 2 is 1.57 bits per heavy atom. The maximum absolute atomic E-state index is 13.4. The molecule has 5 aliphatic rings. The molecule has 0 heterocycles. The first-order chi connectivity index (χ1) is 13.3. The zero-order valence-corrected chi connectivity index (χ0v) is 18.0. The Kier molecular flexibility index (Phi) is 5.69. The van der Waals surface area contributed by atoms with Gasteiger partial charge in [0.25, 0.3) is 4.93 Å². The van der Waals surface area contributed by atoms with Crippen LogP contribution in [0, 0.1) is 29.1 Å². The summed E-state index contributed by atoms with van der Waals surface area (Å²) in [6.07, 6.45) is 12.6. The second-order valence-corrected chi connectivity index (χ2v) is 11.9. The van der Waals surface area contributed by atoms with Crippen molar-refractivity contribution in [2.24, 2.45) is 29.1 Å². The van der Waals surface area contributed by atoms with Crippen LogP contribution in [0.3, 0.4) is 0 Å². The fourth-order valence-corrected chi connectivity index (χ4v) is 8.58. The van der Waals surface area contributed by atoms with Crippen LogP contribution in [0.15, 0.2) is 0 Å². The number of ether oxygens (including phenoxy) is 1. The molecule has 0 aromatic heterocycles. The number of carbonyl (C=O) groups is 1. The van der Waals surface area contributed by atoms with Crippen LogP contribution >= 0.6 is 0 Å². The van der Waals surface area contributed by atoms with E-state index in [9.17, 15) is 17.8 Å². The normalized spacial score (nSPS) is 37.7. The first kappa shape index (κ1) is 20.8. The number of ketones is 1. The molecule has 0 spiro atoms. The van der Waals surface area contributed by atoms with Gasteiger partial charge in [-0.25, -0.2) is 0 Å². The Balaban J connectivity index is 1.58. The molecule has 5 nitrogen and oxygen atoms in total. The van der Waals surface area contributed by atoms with Crippen molar-refractivity contribution in [3.63, 3.8) is 0 Å². The van der Waals surface area contributed by atoms with Crippen molar-refractivity contribution in [2.45, 2.75) is 95.3 Å². The van der Waals surface area contributed by atoms with Crippen molar-refractivity contribution in [3.05, 3.63) is 0 Å². The molecule has 0 aromatic rings. The average Bonchev–Trinajstić information content (AvgIpc) is 2.63. The van der Waals surface area contributed by atoms with Gasteiger partial charge in [-0.05, 0) is 87.9 Å². The summed E-state index contributed by atoms with van der Waals surface area (Å²) in [5.41, 5.74) is 0.147. The minimum absolute atomic E-state index is 0.110. The maximum atomic E-state index is 13.4. The fraction of sp³-hybridized carbons (Fsp3) is 0.955. The van der Waals surface area contributed by atoms with Crippen LogP contribution in [0.5, 0.6) is 0 Å². The lowest BCUT2D eigenvalue weighted by atomic mass is 9.48. The van der Waals surface area contributed by atoms with E-state index in [1.54, 1.807) is 6.92 Å². The van der Waals surface area contributed by atoms with E-state index in [-0.39, 0.29) is 30.1 Å². The van der Waals surface area contributed by atoms with Crippen molar-refractivity contribution >= 4 is 15.9 Å². The third-order valence-electron chi connectivity index (χ3n) is 8.30. The zero-order valence-electron chi connectivity index (χ0n) is 17.2. The van der Waals surface area contributed by atoms with Crippen LogP contribution in [0.4, 0.5) is 0 Å². The second-order valence-electron chi connectivity index (χ2n) is 10.3. The molecule has 5 fully saturated rings. The number of Topliss-reactive ketones (excluding diaryl/α,β-unsaturated/α-hetero) is 1. The van der Waals surface area contributed by atoms with Crippen LogP contribution in [0.2, 0.25) is 0 Å². The molecule has 28 heavy (non-hydrogen) atoms. The van der Waals surface area contributed by atoms with E-state index in [4.69, 9.17) is 4.74 Å². The lowest BCUT2D eigenvalue weighted by Gasteiger charge is -2.57. The Bertz CT molecular complexity index is 658. The van der Waals surface area contributed by atoms with Crippen molar-refractivity contribution < 1.29 is 22.5 Å². The summed E-state index contributed by atoms with van der Waals surface area (Å²) in [4.78, 5) is 11.3. The van der Waals surface area contributed by atoms with E-state index in [0.29, 0.717) is 19.3 Å². The van der Waals surface area contributed by atoms with E-state index in [0.717, 1.165) is 56.3 Å². The highest BCUT2D eigenvalue weighted by molar-refractivity contribution is 7.88. The van der Waals surface area contributed by atoms with Crippen LogP contribution in [-0.4, -0.2) is 30.3 Å². The predicted molar refractivity (Wildman–Crippen MR) is 107 cm³/mol. The van der Waals surface area contributed by atoms with Gasteiger partial charge in [0.15, 0.2) is 5.78 Å². The van der Waals surface area contributed by atoms with E-state index < -0.39 is 15.1 Å². The van der Waals surface area contributed by atoms with Gasteiger partial charge in [-0.3, -0.25) is 9.35 Å². The third-order valence-corrected chi connectivity index (χ3v) is 9.65. The molecule has 0 saturated heterocycles. The molecule has 5 rings (SSSR count). The summed E-state index contributed by atoms with van der Waals surface area (Å²) in [5.74, 6) is 1.62. The Labute approximate surface area is 169 Å². The van der Waals surface area contributed by atoms with E-state index in [1.165, 1.54) is 19.3 Å². The standard InChI is InChI=1S/C22H36O5S/c1-2-27-22(28(24,25)26,20(23)19-6-4-3-5-7-19)9-8-21-13-16-10-17(14-21)12-18(11-16)15-21/h16-19H,2-15H2,1H3,(H,24,25,26). The van der Waals surface area contributed by atoms with Crippen molar-refractivity contribution in [1.82, 2.24) is 0 Å². The minimum Gasteiger partial charge on any atom is -0.351 e. The molecule has 1 atom stereocenters. The summed E-state index contributed by atoms with van der Waals surface area (Å²) in [5, 5.41) is 0. The molecule has 1 N–H and O–H groups in total. The Morgan fingerprint density at radius 1 is 1.04 bits per heavy atom. The lowest BCUT2D eigenvalue weighted by molar-refractivity contribution is -0.142. The molecule has 5 saturated carbocycles. The van der Waals surface area contributed by atoms with E-state index in [2.05, 4.69) is 0 Å². The highest BCUT2D eigenvalue weighted by Crippen LogP contribution is 2.62. The van der Waals surface area contributed by atoms with Crippen LogP contribution in [0.25, 0.3) is 0 Å². The van der Waals surface area contributed by atoms with E-state index in [1.807, 2.05) is 0 Å². The first-order valence-corrected chi connectivity index (χ1v) is 12.9. The summed E-state index contributed by atoms with van der Waals surface area (Å²) in [7, 11) is -4.64. The van der Waals surface area contributed by atoms with Crippen molar-refractivity contribution in [3.8, 4) is 0 Å². The largest absolute Gasteiger partial charge is 0.351 e. The topological polar surface area (TPSA) is 80.7 Å². The summed E-state index contributed by atoms with van der Waals surface area (Å²) in [6, 6.07) is 0. The number of carbonyl (C=O) groups excluding carboxylic acids is 1. The van der Waals surface area contributed by atoms with Crippen molar-refractivity contribution in [2.75, 3.05) is 6.61 Å². The molecular weight excluding hydrogens is 376 g/mol. The minimum atomic E-state index is -4.64. The predicted octanol–water partition coefficient (Wildman–Crippen LogP) is 4.75. The average molecular weight is 413 g/mol. The smallest absolute Gasteiger partial charge is 0.302 e. The molecule has 0 aliphatic heterocycles. The van der Waals surface area contributed by atoms with Gasteiger partial charge in [0.05, 0.1) is 0 Å². The second kappa shape index (κ2) is 7.66. The van der Waals surface area contributed by atoms with Crippen molar-refractivity contribution in [1.29, 1.82) is 0 Å². The van der Waals surface area contributed by atoms with Gasteiger partial charge in [-0.1, -0.05) is 19.3 Å². The first-order valence-electron chi connectivity index (χ1n) is 11.4. The zero-order chi connectivity index (χ0) is 20.0. The van der Waals surface area contributed by atoms with Gasteiger partial charge in [0, 0.05) is 18.9 Å². The van der Waals surface area contributed by atoms with Gasteiger partial charge in [-0.15, -0.1) is 0 Å². The number of hydrogen-bond acceptors (Lipinski definition) is 4. The van der Waals surface area contributed by atoms with Gasteiger partial charge >= 0.3 is 10.1 Å². The molecule has 0 amide bonds. The monoisotopic (exact) mass is 412 g/mol. The summed E-state index contributed by atoms with van der Waals surface area (Å²) < 4.78 is 41.0. The summed E-state index contributed by atoms with van der Waals surface area (Å²) in [6.45, 7) is 1.82. The molecule has 1 unspecified atom stereocenters. The van der Waals surface area contributed by atoms with Crippen LogP contribution in [0.1, 0.15) is 90.4 Å². The lowest BCUT2D eigenvalue weighted by Crippen LogP contribution is -2.53. The molecule has 4 bridgehead atoms. The van der Waals surface area contributed by atoms with Gasteiger partial charge in [0.2, 0.25) is 0 Å². The highest BCUT2D eigenvalue weighted by atomic mass is 32.2. The number of hydrogen-bond donors (Lipinski definition) is 1. The molecule has 6 heteroatoms.